The van der Waals surface area contributed by atoms with E-state index in [-0.39, 0.29) is 11.9 Å². The van der Waals surface area contributed by atoms with Gasteiger partial charge in [-0.3, -0.25) is 9.59 Å². The fraction of sp³-hybridized carbons (Fsp3) is 0.200. The normalized spacial score (nSPS) is 10.4. The van der Waals surface area contributed by atoms with Crippen molar-refractivity contribution in [2.75, 3.05) is 14.2 Å². The molecule has 172 valence electrons. The first kappa shape index (κ1) is 25.3. The van der Waals surface area contributed by atoms with Crippen molar-refractivity contribution in [1.82, 2.24) is 5.32 Å². The van der Waals surface area contributed by atoms with E-state index in [9.17, 15) is 9.59 Å². The summed E-state index contributed by atoms with van der Waals surface area (Å²) in [4.78, 5) is 24.3. The Kier molecular flexibility index (Phi) is 9.36. The molecule has 0 aliphatic rings. The molecule has 0 fully saturated rings. The lowest BCUT2D eigenvalue weighted by atomic mass is 10.1. The van der Waals surface area contributed by atoms with Crippen molar-refractivity contribution in [3.05, 3.63) is 84.5 Å². The van der Waals surface area contributed by atoms with Crippen LogP contribution in [-0.2, 0) is 22.5 Å². The number of halogens is 2. The predicted molar refractivity (Wildman–Crippen MR) is 143 cm³/mol. The Morgan fingerprint density at radius 2 is 1.61 bits per heavy atom. The number of hydrogen-bond acceptors (Lipinski definition) is 5. The largest absolute Gasteiger partial charge is 0.496 e. The Hall–Kier alpha value is -2.34. The van der Waals surface area contributed by atoms with Crippen LogP contribution in [0.2, 0.25) is 0 Å². The van der Waals surface area contributed by atoms with Gasteiger partial charge in [-0.2, -0.15) is 0 Å². The molecule has 33 heavy (non-hydrogen) atoms. The van der Waals surface area contributed by atoms with E-state index in [0.717, 1.165) is 18.3 Å². The first-order valence-corrected chi connectivity index (χ1v) is 12.3. The molecule has 0 saturated carbocycles. The van der Waals surface area contributed by atoms with Crippen LogP contribution in [0, 0.1) is 7.14 Å². The van der Waals surface area contributed by atoms with Gasteiger partial charge in [-0.1, -0.05) is 30.3 Å². The molecular weight excluding hydrogens is 648 g/mol. The number of ether oxygens (including phenoxy) is 3. The van der Waals surface area contributed by atoms with Crippen molar-refractivity contribution in [3.63, 3.8) is 0 Å². The highest BCUT2D eigenvalue weighted by molar-refractivity contribution is 14.1. The van der Waals surface area contributed by atoms with E-state index in [4.69, 9.17) is 14.2 Å². The number of esters is 1. The second kappa shape index (κ2) is 12.2. The Morgan fingerprint density at radius 1 is 0.909 bits per heavy atom. The molecule has 0 atom stereocenters. The van der Waals surface area contributed by atoms with Crippen LogP contribution in [-0.4, -0.2) is 26.1 Å². The van der Waals surface area contributed by atoms with Gasteiger partial charge in [0, 0.05) is 13.0 Å². The zero-order valence-corrected chi connectivity index (χ0v) is 22.5. The minimum Gasteiger partial charge on any atom is -0.496 e. The molecule has 0 spiro atoms. The molecule has 3 aromatic carbocycles. The number of benzene rings is 3. The molecule has 1 N–H and O–H groups in total. The topological polar surface area (TPSA) is 73.9 Å². The summed E-state index contributed by atoms with van der Waals surface area (Å²) in [5.74, 6) is 1.20. The molecule has 0 radical (unpaired) electrons. The van der Waals surface area contributed by atoms with Gasteiger partial charge in [-0.05, 0) is 93.1 Å². The molecule has 0 aliphatic carbocycles. The van der Waals surface area contributed by atoms with Gasteiger partial charge in [0.25, 0.3) is 5.91 Å². The third kappa shape index (κ3) is 7.07. The predicted octanol–water partition coefficient (Wildman–Crippen LogP) is 5.73. The number of amides is 1. The van der Waals surface area contributed by atoms with Crippen molar-refractivity contribution in [2.24, 2.45) is 0 Å². The minimum atomic E-state index is -0.247. The highest BCUT2D eigenvalue weighted by Gasteiger charge is 2.16. The monoisotopic (exact) mass is 671 g/mol. The van der Waals surface area contributed by atoms with Crippen molar-refractivity contribution < 1.29 is 23.8 Å². The maximum absolute atomic E-state index is 12.8. The molecule has 0 aromatic heterocycles. The Balaban J connectivity index is 1.77. The number of rotatable bonds is 9. The number of hydrogen-bond donors (Lipinski definition) is 1. The third-order valence-electron chi connectivity index (χ3n) is 4.83. The van der Waals surface area contributed by atoms with Crippen molar-refractivity contribution in [1.29, 1.82) is 0 Å². The van der Waals surface area contributed by atoms with Crippen molar-refractivity contribution in [2.45, 2.75) is 19.4 Å². The number of carbonyl (C=O) groups excluding carboxylic acids is 2. The van der Waals surface area contributed by atoms with E-state index in [1.165, 1.54) is 14.2 Å². The van der Waals surface area contributed by atoms with Crippen LogP contribution in [0.1, 0.15) is 27.9 Å². The second-order valence-corrected chi connectivity index (χ2v) is 9.42. The van der Waals surface area contributed by atoms with Crippen molar-refractivity contribution in [3.8, 4) is 17.2 Å². The highest BCUT2D eigenvalue weighted by atomic mass is 127. The number of nitrogens with one attached hydrogen (secondary N) is 1. The smallest absolute Gasteiger partial charge is 0.305 e. The van der Waals surface area contributed by atoms with Gasteiger partial charge >= 0.3 is 5.97 Å². The van der Waals surface area contributed by atoms with E-state index < -0.39 is 0 Å². The second-order valence-electron chi connectivity index (χ2n) is 7.10. The lowest BCUT2D eigenvalue weighted by Gasteiger charge is -2.15. The summed E-state index contributed by atoms with van der Waals surface area (Å²) in [5, 5.41) is 2.92. The Labute approximate surface area is 220 Å². The quantitative estimate of drug-likeness (QED) is 0.233. The Morgan fingerprint density at radius 3 is 2.24 bits per heavy atom. The summed E-state index contributed by atoms with van der Waals surface area (Å²) in [6.07, 6.45) is 0.913. The fourth-order valence-corrected chi connectivity index (χ4v) is 5.24. The molecule has 0 saturated heterocycles. The summed E-state index contributed by atoms with van der Waals surface area (Å²) < 4.78 is 18.1. The summed E-state index contributed by atoms with van der Waals surface area (Å²) in [6, 6.07) is 18.8. The maximum atomic E-state index is 12.8. The summed E-state index contributed by atoms with van der Waals surface area (Å²) in [5.41, 5.74) is 2.43. The Bertz CT molecular complexity index is 1110. The van der Waals surface area contributed by atoms with Crippen LogP contribution in [0.5, 0.6) is 17.2 Å². The maximum Gasteiger partial charge on any atom is 0.305 e. The van der Waals surface area contributed by atoms with Crippen LogP contribution < -0.4 is 14.8 Å². The first-order valence-electron chi connectivity index (χ1n) is 10.1. The molecule has 0 bridgehead atoms. The number of methoxy groups -OCH3 is 2. The standard InChI is InChI=1S/C25H23I2NO5/c1-31-22-10-9-18(14-19(22)25(30)28-15-16-6-4-3-5-7-16)33-24-20(26)12-17(13-21(24)27)8-11-23(29)32-2/h3-7,9-10,12-14H,8,11,15H2,1-2H3,(H,28,30). The zero-order chi connectivity index (χ0) is 23.8. The van der Waals surface area contributed by atoms with Gasteiger partial charge in [0.15, 0.2) is 5.75 Å². The van der Waals surface area contributed by atoms with E-state index in [2.05, 4.69) is 50.5 Å². The van der Waals surface area contributed by atoms with Crippen LogP contribution >= 0.6 is 45.2 Å². The summed E-state index contributed by atoms with van der Waals surface area (Å²) in [6.45, 7) is 0.413. The van der Waals surface area contributed by atoms with Gasteiger partial charge in [-0.15, -0.1) is 0 Å². The molecule has 8 heteroatoms. The average Bonchev–Trinajstić information content (AvgIpc) is 2.83. The van der Waals surface area contributed by atoms with Crippen LogP contribution in [0.25, 0.3) is 0 Å². The summed E-state index contributed by atoms with van der Waals surface area (Å²) >= 11 is 4.42. The van der Waals surface area contributed by atoms with Crippen LogP contribution in [0.4, 0.5) is 0 Å². The average molecular weight is 671 g/mol. The van der Waals surface area contributed by atoms with E-state index in [1.807, 2.05) is 42.5 Å². The van der Waals surface area contributed by atoms with Gasteiger partial charge in [0.05, 0.1) is 26.9 Å². The highest BCUT2D eigenvalue weighted by Crippen LogP contribution is 2.35. The fourth-order valence-electron chi connectivity index (χ4n) is 3.12. The number of aryl methyl sites for hydroxylation is 1. The first-order chi connectivity index (χ1) is 15.9. The van der Waals surface area contributed by atoms with Crippen LogP contribution in [0.15, 0.2) is 60.7 Å². The molecule has 3 aromatic rings. The molecule has 1 amide bonds. The molecule has 0 heterocycles. The lowest BCUT2D eigenvalue weighted by molar-refractivity contribution is -0.140. The molecule has 0 aliphatic heterocycles. The molecular formula is C25H23I2NO5. The lowest BCUT2D eigenvalue weighted by Crippen LogP contribution is -2.23. The van der Waals surface area contributed by atoms with Crippen molar-refractivity contribution >= 4 is 57.1 Å². The van der Waals surface area contributed by atoms with Gasteiger partial charge in [0.1, 0.15) is 11.5 Å². The molecule has 3 rings (SSSR count). The summed E-state index contributed by atoms with van der Waals surface area (Å²) in [7, 11) is 2.92. The zero-order valence-electron chi connectivity index (χ0n) is 18.2. The third-order valence-corrected chi connectivity index (χ3v) is 6.44. The van der Waals surface area contributed by atoms with E-state index in [1.54, 1.807) is 18.2 Å². The SMILES string of the molecule is COC(=O)CCc1cc(I)c(Oc2ccc(OC)c(C(=O)NCc3ccccc3)c2)c(I)c1. The minimum absolute atomic E-state index is 0.239. The molecule has 0 unspecified atom stereocenters. The van der Waals surface area contributed by atoms with Crippen LogP contribution in [0.3, 0.4) is 0 Å². The van der Waals surface area contributed by atoms with E-state index in [0.29, 0.717) is 42.2 Å². The number of carbonyl (C=O) groups is 2. The van der Waals surface area contributed by atoms with E-state index >= 15 is 0 Å². The van der Waals surface area contributed by atoms with Gasteiger partial charge in [-0.25, -0.2) is 0 Å². The molecule has 6 nitrogen and oxygen atoms in total. The van der Waals surface area contributed by atoms with Gasteiger partial charge in [0.2, 0.25) is 0 Å². The van der Waals surface area contributed by atoms with Gasteiger partial charge < -0.3 is 19.5 Å².